The highest BCUT2D eigenvalue weighted by atomic mass is 16.5. The summed E-state index contributed by atoms with van der Waals surface area (Å²) in [7, 11) is 0. The highest BCUT2D eigenvalue weighted by Crippen LogP contribution is 2.25. The van der Waals surface area contributed by atoms with Crippen LogP contribution in [0.2, 0.25) is 0 Å². The summed E-state index contributed by atoms with van der Waals surface area (Å²) in [5.41, 5.74) is 5.66. The first-order valence-electron chi connectivity index (χ1n) is 6.08. The lowest BCUT2D eigenvalue weighted by molar-refractivity contribution is -0.0839. The van der Waals surface area contributed by atoms with E-state index in [-0.39, 0.29) is 5.60 Å². The van der Waals surface area contributed by atoms with Crippen molar-refractivity contribution >= 4 is 0 Å². The fraction of sp³-hybridized carbons (Fsp3) is 1.00. The summed E-state index contributed by atoms with van der Waals surface area (Å²) >= 11 is 0. The maximum absolute atomic E-state index is 6.13. The van der Waals surface area contributed by atoms with E-state index in [1.54, 1.807) is 0 Å². The lowest BCUT2D eigenvalue weighted by Crippen LogP contribution is -2.40. The molecule has 0 radical (unpaired) electrons. The van der Waals surface area contributed by atoms with Crippen molar-refractivity contribution in [2.24, 2.45) is 5.73 Å². The third kappa shape index (κ3) is 3.58. The fourth-order valence-electron chi connectivity index (χ4n) is 2.04. The van der Waals surface area contributed by atoms with E-state index in [2.05, 4.69) is 13.8 Å². The van der Waals surface area contributed by atoms with Gasteiger partial charge in [0, 0.05) is 6.54 Å². The Bertz CT molecular complexity index is 146. The van der Waals surface area contributed by atoms with Gasteiger partial charge in [-0.2, -0.15) is 0 Å². The molecule has 2 N–H and O–H groups in total. The number of ether oxygens (including phenoxy) is 1. The molecule has 1 aliphatic carbocycles. The van der Waals surface area contributed by atoms with Crippen LogP contribution in [0, 0.1) is 0 Å². The molecule has 0 amide bonds. The van der Waals surface area contributed by atoms with E-state index in [4.69, 9.17) is 10.5 Å². The van der Waals surface area contributed by atoms with Crippen LogP contribution >= 0.6 is 0 Å². The van der Waals surface area contributed by atoms with Crippen molar-refractivity contribution < 1.29 is 4.74 Å². The van der Waals surface area contributed by atoms with Crippen LogP contribution in [0.15, 0.2) is 0 Å². The van der Waals surface area contributed by atoms with Crippen LogP contribution in [0.4, 0.5) is 0 Å². The standard InChI is InChI=1S/C12H25NO/c1-3-12(2,10-13)14-11-8-6-4-5-7-9-11/h11H,3-10,13H2,1-2H3. The maximum atomic E-state index is 6.13. The van der Waals surface area contributed by atoms with Crippen molar-refractivity contribution in [2.75, 3.05) is 6.54 Å². The summed E-state index contributed by atoms with van der Waals surface area (Å²) < 4.78 is 6.13. The lowest BCUT2D eigenvalue weighted by atomic mass is 10.0. The molecule has 2 heteroatoms. The van der Waals surface area contributed by atoms with Crippen LogP contribution in [-0.4, -0.2) is 18.2 Å². The molecule has 0 heterocycles. The van der Waals surface area contributed by atoms with Gasteiger partial charge in [-0.3, -0.25) is 0 Å². The van der Waals surface area contributed by atoms with Gasteiger partial charge in [-0.1, -0.05) is 32.6 Å². The van der Waals surface area contributed by atoms with Crippen LogP contribution < -0.4 is 5.73 Å². The SMILES string of the molecule is CCC(C)(CN)OC1CCCCCC1. The van der Waals surface area contributed by atoms with Gasteiger partial charge in [0.1, 0.15) is 0 Å². The van der Waals surface area contributed by atoms with Gasteiger partial charge in [-0.15, -0.1) is 0 Å². The second-order valence-electron chi connectivity index (χ2n) is 4.74. The van der Waals surface area contributed by atoms with Crippen molar-refractivity contribution in [3.05, 3.63) is 0 Å². The Morgan fingerprint density at radius 3 is 2.21 bits per heavy atom. The zero-order valence-corrected chi connectivity index (χ0v) is 9.72. The maximum Gasteiger partial charge on any atom is 0.0777 e. The molecule has 0 aromatic rings. The first-order valence-corrected chi connectivity index (χ1v) is 6.08. The summed E-state index contributed by atoms with van der Waals surface area (Å²) in [6.07, 6.45) is 9.36. The minimum atomic E-state index is -0.0883. The van der Waals surface area contributed by atoms with Crippen LogP contribution in [0.25, 0.3) is 0 Å². The average Bonchev–Trinajstić information content (AvgIpc) is 2.46. The normalized spacial score (nSPS) is 24.2. The Balaban J connectivity index is 2.39. The van der Waals surface area contributed by atoms with Crippen molar-refractivity contribution in [3.63, 3.8) is 0 Å². The monoisotopic (exact) mass is 199 g/mol. The zero-order chi connectivity index (χ0) is 10.4. The number of nitrogens with two attached hydrogens (primary N) is 1. The summed E-state index contributed by atoms with van der Waals surface area (Å²) in [6, 6.07) is 0. The highest BCUT2D eigenvalue weighted by Gasteiger charge is 2.25. The van der Waals surface area contributed by atoms with Crippen molar-refractivity contribution in [1.29, 1.82) is 0 Å². The Kier molecular flexibility index (Phi) is 4.90. The summed E-state index contributed by atoms with van der Waals surface area (Å²) in [5.74, 6) is 0. The van der Waals surface area contributed by atoms with Gasteiger partial charge in [-0.25, -0.2) is 0 Å². The molecule has 1 unspecified atom stereocenters. The molecule has 0 aromatic heterocycles. The van der Waals surface area contributed by atoms with E-state index in [9.17, 15) is 0 Å². The van der Waals surface area contributed by atoms with Gasteiger partial charge in [0.05, 0.1) is 11.7 Å². The number of hydrogen-bond donors (Lipinski definition) is 1. The lowest BCUT2D eigenvalue weighted by Gasteiger charge is -2.32. The molecule has 1 fully saturated rings. The Labute approximate surface area is 88.2 Å². The van der Waals surface area contributed by atoms with Crippen LogP contribution in [0.5, 0.6) is 0 Å². The Hall–Kier alpha value is -0.0800. The molecular formula is C12H25NO. The predicted molar refractivity (Wildman–Crippen MR) is 60.3 cm³/mol. The molecule has 1 atom stereocenters. The van der Waals surface area contributed by atoms with E-state index in [1.165, 1.54) is 38.5 Å². The topological polar surface area (TPSA) is 35.2 Å². The number of hydrogen-bond acceptors (Lipinski definition) is 2. The van der Waals surface area contributed by atoms with Gasteiger partial charge in [0.15, 0.2) is 0 Å². The van der Waals surface area contributed by atoms with Gasteiger partial charge >= 0.3 is 0 Å². The molecule has 2 nitrogen and oxygen atoms in total. The zero-order valence-electron chi connectivity index (χ0n) is 9.72. The molecule has 0 saturated heterocycles. The van der Waals surface area contributed by atoms with Gasteiger partial charge in [0.2, 0.25) is 0 Å². The minimum absolute atomic E-state index is 0.0883. The summed E-state index contributed by atoms with van der Waals surface area (Å²) in [6.45, 7) is 4.93. The Morgan fingerprint density at radius 1 is 1.21 bits per heavy atom. The predicted octanol–water partition coefficient (Wildman–Crippen LogP) is 2.85. The van der Waals surface area contributed by atoms with E-state index >= 15 is 0 Å². The largest absolute Gasteiger partial charge is 0.371 e. The molecular weight excluding hydrogens is 174 g/mol. The second kappa shape index (κ2) is 5.72. The quantitative estimate of drug-likeness (QED) is 0.707. The van der Waals surface area contributed by atoms with E-state index in [0.717, 1.165) is 6.42 Å². The van der Waals surface area contributed by atoms with Crippen LogP contribution in [0.3, 0.4) is 0 Å². The smallest absolute Gasteiger partial charge is 0.0777 e. The van der Waals surface area contributed by atoms with E-state index in [0.29, 0.717) is 12.6 Å². The number of rotatable bonds is 4. The highest BCUT2D eigenvalue weighted by molar-refractivity contribution is 4.77. The molecule has 1 saturated carbocycles. The van der Waals surface area contributed by atoms with Crippen LogP contribution in [-0.2, 0) is 4.74 Å². The fourth-order valence-corrected chi connectivity index (χ4v) is 2.04. The molecule has 0 spiro atoms. The molecule has 84 valence electrons. The summed E-state index contributed by atoms with van der Waals surface area (Å²) in [4.78, 5) is 0. The van der Waals surface area contributed by atoms with Gasteiger partial charge < -0.3 is 10.5 Å². The Morgan fingerprint density at radius 2 is 1.79 bits per heavy atom. The van der Waals surface area contributed by atoms with Crippen molar-refractivity contribution in [1.82, 2.24) is 0 Å². The minimum Gasteiger partial charge on any atom is -0.371 e. The third-order valence-corrected chi connectivity index (χ3v) is 3.43. The van der Waals surface area contributed by atoms with Crippen molar-refractivity contribution in [3.8, 4) is 0 Å². The van der Waals surface area contributed by atoms with Gasteiger partial charge in [0.25, 0.3) is 0 Å². The van der Waals surface area contributed by atoms with E-state index < -0.39 is 0 Å². The molecule has 0 aromatic carbocycles. The summed E-state index contributed by atoms with van der Waals surface area (Å²) in [5, 5.41) is 0. The second-order valence-corrected chi connectivity index (χ2v) is 4.74. The van der Waals surface area contributed by atoms with Crippen LogP contribution in [0.1, 0.15) is 58.8 Å². The molecule has 14 heavy (non-hydrogen) atoms. The molecule has 1 rings (SSSR count). The molecule has 0 bridgehead atoms. The first-order chi connectivity index (χ1) is 6.70. The molecule has 1 aliphatic rings. The third-order valence-electron chi connectivity index (χ3n) is 3.43. The van der Waals surface area contributed by atoms with Crippen molar-refractivity contribution in [2.45, 2.75) is 70.5 Å². The average molecular weight is 199 g/mol. The molecule has 0 aliphatic heterocycles. The van der Waals surface area contributed by atoms with Gasteiger partial charge in [-0.05, 0) is 26.2 Å². The van der Waals surface area contributed by atoms with E-state index in [1.807, 2.05) is 0 Å². The first kappa shape index (κ1) is 12.0.